The van der Waals surface area contributed by atoms with Gasteiger partial charge in [-0.2, -0.15) is 5.10 Å². The van der Waals surface area contributed by atoms with Crippen LogP contribution in [0.15, 0.2) is 59.8 Å². The Morgan fingerprint density at radius 1 is 1.05 bits per heavy atom. The minimum Gasteiger partial charge on any atom is -0.361 e. The minimum atomic E-state index is -0.258. The van der Waals surface area contributed by atoms with Gasteiger partial charge in [-0.3, -0.25) is 5.43 Å². The van der Waals surface area contributed by atoms with Gasteiger partial charge in [-0.1, -0.05) is 18.2 Å². The third kappa shape index (κ3) is 2.47. The van der Waals surface area contributed by atoms with Crippen LogP contribution in [0.1, 0.15) is 5.56 Å². The zero-order chi connectivity index (χ0) is 13.1. The average molecular weight is 253 g/mol. The lowest BCUT2D eigenvalue weighted by molar-refractivity contribution is 0.628. The van der Waals surface area contributed by atoms with Crippen LogP contribution in [-0.4, -0.2) is 11.2 Å². The van der Waals surface area contributed by atoms with Crippen LogP contribution in [0.2, 0.25) is 0 Å². The summed E-state index contributed by atoms with van der Waals surface area (Å²) in [5.41, 5.74) is 5.69. The Morgan fingerprint density at radius 3 is 2.68 bits per heavy atom. The number of nitrogens with zero attached hydrogens (tertiary/aromatic N) is 1. The smallest absolute Gasteiger partial charge is 0.123 e. The van der Waals surface area contributed by atoms with Crippen molar-refractivity contribution >= 4 is 22.8 Å². The minimum absolute atomic E-state index is 0.258. The summed E-state index contributed by atoms with van der Waals surface area (Å²) < 4.78 is 12.7. The number of fused-ring (bicyclic) bond motifs is 1. The molecule has 3 nitrogen and oxygen atoms in total. The Bertz CT molecular complexity index is 714. The van der Waals surface area contributed by atoms with E-state index in [1.54, 1.807) is 18.3 Å². The lowest BCUT2D eigenvalue weighted by atomic mass is 10.2. The molecule has 0 fully saturated rings. The van der Waals surface area contributed by atoms with E-state index >= 15 is 0 Å². The molecule has 0 radical (unpaired) electrons. The van der Waals surface area contributed by atoms with Gasteiger partial charge in [-0.15, -0.1) is 0 Å². The van der Waals surface area contributed by atoms with Crippen molar-refractivity contribution in [2.24, 2.45) is 5.10 Å². The zero-order valence-corrected chi connectivity index (χ0v) is 10.1. The van der Waals surface area contributed by atoms with Crippen molar-refractivity contribution in [2.45, 2.75) is 0 Å². The average Bonchev–Trinajstić information content (AvgIpc) is 2.85. The molecule has 0 aliphatic carbocycles. The summed E-state index contributed by atoms with van der Waals surface area (Å²) in [4.78, 5) is 3.18. The first-order chi connectivity index (χ1) is 9.33. The maximum atomic E-state index is 12.7. The number of nitrogens with one attached hydrogen (secondary N) is 2. The summed E-state index contributed by atoms with van der Waals surface area (Å²) in [6.07, 6.45) is 3.64. The largest absolute Gasteiger partial charge is 0.361 e. The Balaban J connectivity index is 1.77. The number of aromatic amines is 1. The first kappa shape index (κ1) is 11.5. The summed E-state index contributed by atoms with van der Waals surface area (Å²) in [7, 11) is 0. The number of rotatable bonds is 3. The summed E-state index contributed by atoms with van der Waals surface area (Å²) in [5, 5.41) is 5.26. The second-order valence-corrected chi connectivity index (χ2v) is 4.17. The van der Waals surface area contributed by atoms with Gasteiger partial charge in [0, 0.05) is 22.7 Å². The van der Waals surface area contributed by atoms with Crippen molar-refractivity contribution in [3.8, 4) is 0 Å². The molecule has 0 saturated heterocycles. The van der Waals surface area contributed by atoms with E-state index in [0.717, 1.165) is 22.2 Å². The molecule has 0 aliphatic heterocycles. The quantitative estimate of drug-likeness (QED) is 0.541. The van der Waals surface area contributed by atoms with Gasteiger partial charge in [0.25, 0.3) is 0 Å². The van der Waals surface area contributed by atoms with Crippen molar-refractivity contribution in [1.29, 1.82) is 0 Å². The Labute approximate surface area is 109 Å². The normalized spacial score (nSPS) is 11.2. The number of H-pyrrole nitrogens is 1. The third-order valence-electron chi connectivity index (χ3n) is 2.86. The number of hydrogen-bond donors (Lipinski definition) is 2. The van der Waals surface area contributed by atoms with Gasteiger partial charge in [0.1, 0.15) is 5.82 Å². The zero-order valence-electron chi connectivity index (χ0n) is 10.1. The first-order valence-corrected chi connectivity index (χ1v) is 5.94. The summed E-state index contributed by atoms with van der Waals surface area (Å²) in [6, 6.07) is 14.1. The van der Waals surface area contributed by atoms with Crippen LogP contribution in [0, 0.1) is 5.82 Å². The number of hydrazone groups is 1. The number of aromatic nitrogens is 1. The Kier molecular flexibility index (Phi) is 2.98. The van der Waals surface area contributed by atoms with E-state index in [0.29, 0.717) is 0 Å². The van der Waals surface area contributed by atoms with Crippen molar-refractivity contribution in [2.75, 3.05) is 5.43 Å². The summed E-state index contributed by atoms with van der Waals surface area (Å²) >= 11 is 0. The summed E-state index contributed by atoms with van der Waals surface area (Å²) in [6.45, 7) is 0. The monoisotopic (exact) mass is 253 g/mol. The van der Waals surface area contributed by atoms with Crippen LogP contribution in [0.3, 0.4) is 0 Å². The molecule has 2 N–H and O–H groups in total. The molecule has 19 heavy (non-hydrogen) atoms. The fourth-order valence-corrected chi connectivity index (χ4v) is 1.90. The van der Waals surface area contributed by atoms with Crippen molar-refractivity contribution < 1.29 is 4.39 Å². The number of halogens is 1. The van der Waals surface area contributed by atoms with Gasteiger partial charge >= 0.3 is 0 Å². The highest BCUT2D eigenvalue weighted by molar-refractivity contribution is 5.99. The molecule has 0 spiro atoms. The van der Waals surface area contributed by atoms with E-state index in [4.69, 9.17) is 0 Å². The van der Waals surface area contributed by atoms with E-state index in [1.807, 2.05) is 30.5 Å². The number of benzene rings is 2. The Morgan fingerprint density at radius 2 is 1.84 bits per heavy atom. The standard InChI is InChI=1S/C15H12FN3/c16-12-5-7-13(8-6-12)19-18-10-11-9-17-15-4-2-1-3-14(11)15/h1-10,17,19H/b18-10+. The molecule has 0 unspecified atom stereocenters. The molecule has 1 aromatic heterocycles. The highest BCUT2D eigenvalue weighted by Crippen LogP contribution is 2.16. The number of anilines is 1. The van der Waals surface area contributed by atoms with Gasteiger partial charge < -0.3 is 4.98 Å². The van der Waals surface area contributed by atoms with Gasteiger partial charge in [0.15, 0.2) is 0 Å². The Hall–Kier alpha value is -2.62. The van der Waals surface area contributed by atoms with E-state index in [9.17, 15) is 4.39 Å². The topological polar surface area (TPSA) is 40.2 Å². The molecular weight excluding hydrogens is 241 g/mol. The molecule has 1 heterocycles. The van der Waals surface area contributed by atoms with Crippen LogP contribution in [0.5, 0.6) is 0 Å². The molecular formula is C15H12FN3. The van der Waals surface area contributed by atoms with Gasteiger partial charge in [0.2, 0.25) is 0 Å². The maximum absolute atomic E-state index is 12.7. The van der Waals surface area contributed by atoms with Crippen LogP contribution >= 0.6 is 0 Å². The van der Waals surface area contributed by atoms with Crippen LogP contribution in [0.25, 0.3) is 10.9 Å². The third-order valence-corrected chi connectivity index (χ3v) is 2.86. The number of para-hydroxylation sites is 1. The van der Waals surface area contributed by atoms with Gasteiger partial charge in [0.05, 0.1) is 11.9 Å². The predicted molar refractivity (Wildman–Crippen MR) is 75.9 cm³/mol. The molecule has 0 bridgehead atoms. The van der Waals surface area contributed by atoms with E-state index in [2.05, 4.69) is 15.5 Å². The van der Waals surface area contributed by atoms with Crippen molar-refractivity contribution in [3.63, 3.8) is 0 Å². The lowest BCUT2D eigenvalue weighted by Gasteiger charge is -1.98. The highest BCUT2D eigenvalue weighted by Gasteiger charge is 1.99. The van der Waals surface area contributed by atoms with Crippen LogP contribution in [0.4, 0.5) is 10.1 Å². The molecule has 3 rings (SSSR count). The molecule has 0 saturated carbocycles. The summed E-state index contributed by atoms with van der Waals surface area (Å²) in [5.74, 6) is -0.258. The van der Waals surface area contributed by atoms with E-state index in [1.165, 1.54) is 12.1 Å². The van der Waals surface area contributed by atoms with Gasteiger partial charge in [-0.05, 0) is 30.3 Å². The predicted octanol–water partition coefficient (Wildman–Crippen LogP) is 3.75. The molecule has 94 valence electrons. The van der Waals surface area contributed by atoms with Crippen LogP contribution in [-0.2, 0) is 0 Å². The molecule has 3 aromatic rings. The molecule has 0 aliphatic rings. The second kappa shape index (κ2) is 4.94. The number of hydrogen-bond acceptors (Lipinski definition) is 2. The van der Waals surface area contributed by atoms with Crippen LogP contribution < -0.4 is 5.43 Å². The highest BCUT2D eigenvalue weighted by atomic mass is 19.1. The lowest BCUT2D eigenvalue weighted by Crippen LogP contribution is -1.90. The molecule has 0 atom stereocenters. The van der Waals surface area contributed by atoms with E-state index in [-0.39, 0.29) is 5.82 Å². The van der Waals surface area contributed by atoms with Crippen molar-refractivity contribution in [1.82, 2.24) is 4.98 Å². The SMILES string of the molecule is Fc1ccc(N/N=C/c2c[nH]c3ccccc23)cc1. The maximum Gasteiger partial charge on any atom is 0.123 e. The molecule has 4 heteroatoms. The second-order valence-electron chi connectivity index (χ2n) is 4.17. The fraction of sp³-hybridized carbons (Fsp3) is 0. The first-order valence-electron chi connectivity index (χ1n) is 5.94. The molecule has 0 amide bonds. The van der Waals surface area contributed by atoms with Crippen molar-refractivity contribution in [3.05, 3.63) is 66.1 Å². The molecule has 2 aromatic carbocycles. The van der Waals surface area contributed by atoms with E-state index < -0.39 is 0 Å². The van der Waals surface area contributed by atoms with Gasteiger partial charge in [-0.25, -0.2) is 4.39 Å². The fourth-order valence-electron chi connectivity index (χ4n) is 1.90.